The molecule has 9 heteroatoms. The zero-order valence-corrected chi connectivity index (χ0v) is 18.4. The molecule has 0 bridgehead atoms. The fraction of sp³-hybridized carbons (Fsp3) is 0.391. The van der Waals surface area contributed by atoms with Gasteiger partial charge < -0.3 is 30.1 Å². The van der Waals surface area contributed by atoms with Gasteiger partial charge in [0.05, 0.1) is 0 Å². The third kappa shape index (κ3) is 6.54. The summed E-state index contributed by atoms with van der Waals surface area (Å²) in [4.78, 5) is 25.0. The van der Waals surface area contributed by atoms with Gasteiger partial charge in [0, 0.05) is 18.2 Å². The van der Waals surface area contributed by atoms with Gasteiger partial charge in [0.1, 0.15) is 42.5 Å². The second kappa shape index (κ2) is 11.4. The first-order chi connectivity index (χ1) is 15.3. The Hall–Kier alpha value is -2.43. The van der Waals surface area contributed by atoms with Gasteiger partial charge in [-0.15, -0.1) is 0 Å². The number of carbonyl (C=O) groups excluding carboxylic acids is 2. The van der Waals surface area contributed by atoms with Gasteiger partial charge in [-0.3, -0.25) is 4.79 Å². The van der Waals surface area contributed by atoms with Crippen LogP contribution in [0.2, 0.25) is 0 Å². The van der Waals surface area contributed by atoms with Crippen molar-refractivity contribution in [2.75, 3.05) is 6.61 Å². The van der Waals surface area contributed by atoms with Gasteiger partial charge in [-0.05, 0) is 17.7 Å². The Balaban J connectivity index is 1.63. The van der Waals surface area contributed by atoms with Crippen LogP contribution in [0, 0.1) is 0 Å². The highest BCUT2D eigenvalue weighted by Crippen LogP contribution is 2.33. The van der Waals surface area contributed by atoms with Gasteiger partial charge in [0.25, 0.3) is 0 Å². The van der Waals surface area contributed by atoms with E-state index in [9.17, 15) is 24.9 Å². The summed E-state index contributed by atoms with van der Waals surface area (Å²) in [6.07, 6.45) is -5.05. The van der Waals surface area contributed by atoms with Crippen molar-refractivity contribution in [1.29, 1.82) is 0 Å². The second-order valence-electron chi connectivity index (χ2n) is 7.52. The number of aliphatic hydroxyl groups excluding tert-OH is 3. The van der Waals surface area contributed by atoms with Crippen molar-refractivity contribution in [2.45, 2.75) is 54.1 Å². The van der Waals surface area contributed by atoms with Crippen molar-refractivity contribution in [3.8, 4) is 0 Å². The maximum absolute atomic E-state index is 12.7. The molecule has 3 rings (SSSR count). The van der Waals surface area contributed by atoms with E-state index >= 15 is 0 Å². The summed E-state index contributed by atoms with van der Waals surface area (Å²) in [5, 5.41) is 33.5. The summed E-state index contributed by atoms with van der Waals surface area (Å²) >= 11 is 1.19. The topological polar surface area (TPSA) is 125 Å². The van der Waals surface area contributed by atoms with Gasteiger partial charge >= 0.3 is 5.97 Å². The van der Waals surface area contributed by atoms with E-state index < -0.39 is 41.9 Å². The largest absolute Gasteiger partial charge is 0.461 e. The summed E-state index contributed by atoms with van der Waals surface area (Å²) in [6, 6.07) is 17.4. The van der Waals surface area contributed by atoms with E-state index in [-0.39, 0.29) is 18.9 Å². The lowest BCUT2D eigenvalue weighted by molar-refractivity contribution is -0.210. The Kier molecular flexibility index (Phi) is 8.66. The molecule has 2 aromatic rings. The molecule has 0 saturated carbocycles. The molecule has 1 heterocycles. The molecule has 4 N–H and O–H groups in total. The monoisotopic (exact) mass is 461 g/mol. The van der Waals surface area contributed by atoms with Crippen molar-refractivity contribution < 1.29 is 34.4 Å². The van der Waals surface area contributed by atoms with E-state index in [0.29, 0.717) is 0 Å². The fourth-order valence-electron chi connectivity index (χ4n) is 3.34. The number of hydrogen-bond donors (Lipinski definition) is 4. The molecule has 2 aromatic carbocycles. The van der Waals surface area contributed by atoms with Crippen LogP contribution >= 0.6 is 11.8 Å². The van der Waals surface area contributed by atoms with Crippen molar-refractivity contribution in [3.63, 3.8) is 0 Å². The van der Waals surface area contributed by atoms with Gasteiger partial charge in [0.2, 0.25) is 5.91 Å². The number of ether oxygens (including phenoxy) is 2. The summed E-state index contributed by atoms with van der Waals surface area (Å²) < 4.78 is 11.1. The number of nitrogens with one attached hydrogen (secondary N) is 1. The van der Waals surface area contributed by atoms with Crippen molar-refractivity contribution in [1.82, 2.24) is 5.32 Å². The summed E-state index contributed by atoms with van der Waals surface area (Å²) in [5.41, 5.74) is -0.0232. The lowest BCUT2D eigenvalue weighted by atomic mass is 10.0. The van der Waals surface area contributed by atoms with Crippen molar-refractivity contribution >= 4 is 23.6 Å². The third-order valence-electron chi connectivity index (χ3n) is 5.00. The lowest BCUT2D eigenvalue weighted by Crippen LogP contribution is -2.58. The molecule has 1 aliphatic rings. The zero-order valence-electron chi connectivity index (χ0n) is 17.5. The van der Waals surface area contributed by atoms with E-state index in [0.717, 1.165) is 10.5 Å². The molecule has 32 heavy (non-hydrogen) atoms. The normalized spacial score (nSPS) is 26.2. The number of esters is 1. The Bertz CT molecular complexity index is 882. The van der Waals surface area contributed by atoms with E-state index in [1.54, 1.807) is 0 Å². The van der Waals surface area contributed by atoms with Crippen LogP contribution in [0.1, 0.15) is 12.5 Å². The van der Waals surface area contributed by atoms with E-state index in [4.69, 9.17) is 9.47 Å². The first-order valence-corrected chi connectivity index (χ1v) is 11.1. The first-order valence-electron chi connectivity index (χ1n) is 10.2. The smallest absolute Gasteiger partial charge is 0.329 e. The molecule has 0 radical (unpaired) electrons. The Morgan fingerprint density at radius 2 is 1.62 bits per heavy atom. The molecular weight excluding hydrogens is 434 g/mol. The highest BCUT2D eigenvalue weighted by atomic mass is 32.2. The van der Waals surface area contributed by atoms with E-state index in [1.807, 2.05) is 60.7 Å². The van der Waals surface area contributed by atoms with Crippen LogP contribution in [0.15, 0.2) is 65.6 Å². The molecule has 1 fully saturated rings. The molecule has 1 aliphatic heterocycles. The van der Waals surface area contributed by atoms with Crippen LogP contribution in [-0.2, 0) is 25.5 Å². The molecule has 0 spiro atoms. The van der Waals surface area contributed by atoms with Crippen LogP contribution in [0.5, 0.6) is 0 Å². The van der Waals surface area contributed by atoms with Gasteiger partial charge in [0.15, 0.2) is 0 Å². The first kappa shape index (κ1) is 24.2. The molecule has 172 valence electrons. The van der Waals surface area contributed by atoms with Crippen molar-refractivity contribution in [2.24, 2.45) is 0 Å². The van der Waals surface area contributed by atoms with E-state index in [2.05, 4.69) is 5.32 Å². The minimum atomic E-state index is -1.47. The minimum absolute atomic E-state index is 0.237. The van der Waals surface area contributed by atoms with Gasteiger partial charge in [-0.1, -0.05) is 60.3 Å². The zero-order chi connectivity index (χ0) is 23.1. The SMILES string of the molecule is CC(=O)N[C@@H](Cc1ccccc1)C(=O)OC[C@H]1O[C@H](Sc2ccccc2)[C@@H](O)[C@@H](O)[C@@H]1O. The van der Waals surface area contributed by atoms with Gasteiger partial charge in [-0.2, -0.15) is 0 Å². The molecular formula is C23H27NO7S. The number of amides is 1. The molecule has 0 unspecified atom stereocenters. The fourth-order valence-corrected chi connectivity index (χ4v) is 4.42. The van der Waals surface area contributed by atoms with Gasteiger partial charge in [-0.25, -0.2) is 4.79 Å². The predicted octanol–water partition coefficient (Wildman–Crippen LogP) is 0.877. The van der Waals surface area contributed by atoms with Crippen LogP contribution < -0.4 is 5.32 Å². The lowest BCUT2D eigenvalue weighted by Gasteiger charge is -2.40. The summed E-state index contributed by atoms with van der Waals surface area (Å²) in [7, 11) is 0. The number of rotatable bonds is 8. The standard InChI is InChI=1S/C23H27NO7S/c1-14(25)24-17(12-15-8-4-2-5-9-15)22(29)30-13-18-19(26)20(27)21(28)23(31-18)32-16-10-6-3-7-11-16/h2-11,17-21,23,26-28H,12-13H2,1H3,(H,24,25)/t17-,18+,19+,20-,21-,23+/m0/s1. The maximum atomic E-state index is 12.7. The average Bonchev–Trinajstić information content (AvgIpc) is 2.79. The number of benzene rings is 2. The van der Waals surface area contributed by atoms with Crippen LogP contribution in [-0.4, -0.2) is 69.7 Å². The summed E-state index contributed by atoms with van der Waals surface area (Å²) in [6.45, 7) is 0.961. The molecule has 8 nitrogen and oxygen atoms in total. The van der Waals surface area contributed by atoms with Crippen LogP contribution in [0.3, 0.4) is 0 Å². The highest BCUT2D eigenvalue weighted by Gasteiger charge is 2.44. The molecule has 6 atom stereocenters. The number of carbonyl (C=O) groups is 2. The van der Waals surface area contributed by atoms with E-state index in [1.165, 1.54) is 18.7 Å². The number of hydrogen-bond acceptors (Lipinski definition) is 8. The minimum Gasteiger partial charge on any atom is -0.461 e. The molecule has 0 aromatic heterocycles. The number of thioether (sulfide) groups is 1. The van der Waals surface area contributed by atoms with Crippen LogP contribution in [0.4, 0.5) is 0 Å². The van der Waals surface area contributed by atoms with Crippen molar-refractivity contribution in [3.05, 3.63) is 66.2 Å². The molecule has 0 aliphatic carbocycles. The third-order valence-corrected chi connectivity index (χ3v) is 6.17. The summed E-state index contributed by atoms with van der Waals surface area (Å²) in [5.74, 6) is -1.07. The molecule has 1 saturated heterocycles. The quantitative estimate of drug-likeness (QED) is 0.427. The average molecular weight is 462 g/mol. The molecule has 1 amide bonds. The Labute approximate surface area is 190 Å². The maximum Gasteiger partial charge on any atom is 0.329 e. The Morgan fingerprint density at radius 3 is 2.25 bits per heavy atom. The second-order valence-corrected chi connectivity index (χ2v) is 8.69. The predicted molar refractivity (Wildman–Crippen MR) is 118 cm³/mol. The van der Waals surface area contributed by atoms with Crippen LogP contribution in [0.25, 0.3) is 0 Å². The Morgan fingerprint density at radius 1 is 1.00 bits per heavy atom. The number of aliphatic hydroxyl groups is 3. The highest BCUT2D eigenvalue weighted by molar-refractivity contribution is 7.99.